The van der Waals surface area contributed by atoms with Gasteiger partial charge in [0.2, 0.25) is 10.0 Å². The second-order valence-corrected chi connectivity index (χ2v) is 8.16. The van der Waals surface area contributed by atoms with E-state index < -0.39 is 15.8 Å². The van der Waals surface area contributed by atoms with Crippen LogP contribution >= 0.6 is 0 Å². The van der Waals surface area contributed by atoms with E-state index in [0.29, 0.717) is 38.3 Å². The van der Waals surface area contributed by atoms with E-state index in [0.717, 1.165) is 5.56 Å². The minimum Gasteiger partial charge on any atom is -0.296 e. The molecule has 2 aromatic rings. The van der Waals surface area contributed by atoms with Crippen molar-refractivity contribution in [2.45, 2.75) is 18.4 Å². The van der Waals surface area contributed by atoms with E-state index >= 15 is 0 Å². The molecule has 25 heavy (non-hydrogen) atoms. The fraction of sp³-hybridized carbons (Fsp3) is 0.333. The van der Waals surface area contributed by atoms with Gasteiger partial charge in [-0.05, 0) is 48.4 Å². The Balaban J connectivity index is 1.64. The maximum Gasteiger partial charge on any atom is 0.243 e. The Morgan fingerprint density at radius 1 is 0.960 bits per heavy atom. The molecule has 3 rings (SSSR count). The van der Waals surface area contributed by atoms with Crippen LogP contribution in [0.25, 0.3) is 0 Å². The van der Waals surface area contributed by atoms with E-state index in [1.54, 1.807) is 19.1 Å². The van der Waals surface area contributed by atoms with Crippen LogP contribution in [0.5, 0.6) is 0 Å². The molecule has 0 aromatic heterocycles. The van der Waals surface area contributed by atoms with Crippen LogP contribution in [0.2, 0.25) is 0 Å². The highest BCUT2D eigenvalue weighted by Crippen LogP contribution is 2.20. The predicted octanol–water partition coefficient (Wildman–Crippen LogP) is 2.78. The maximum absolute atomic E-state index is 13.4. The number of hydrogen-bond donors (Lipinski definition) is 0. The van der Waals surface area contributed by atoms with E-state index in [9.17, 15) is 17.2 Å². The van der Waals surface area contributed by atoms with Gasteiger partial charge in [-0.25, -0.2) is 17.2 Å². The lowest BCUT2D eigenvalue weighted by Gasteiger charge is -2.34. The van der Waals surface area contributed by atoms with Gasteiger partial charge in [0, 0.05) is 32.7 Å². The molecule has 0 unspecified atom stereocenters. The Bertz CT molecular complexity index is 846. The molecule has 1 aliphatic heterocycles. The van der Waals surface area contributed by atoms with Crippen LogP contribution in [0.1, 0.15) is 11.1 Å². The Kier molecular flexibility index (Phi) is 5.17. The van der Waals surface area contributed by atoms with Crippen LogP contribution in [0.3, 0.4) is 0 Å². The van der Waals surface area contributed by atoms with E-state index in [1.807, 2.05) is 0 Å². The highest BCUT2D eigenvalue weighted by Gasteiger charge is 2.28. The lowest BCUT2D eigenvalue weighted by molar-refractivity contribution is 0.181. The standard InChI is InChI=1S/C18H20F2N2O2S/c1-14-12-17(6-7-18(14)20)25(23,24)22-10-8-21(9-11-22)13-15-2-4-16(19)5-3-15/h2-7,12H,8-11,13H2,1H3. The molecule has 0 spiro atoms. The minimum atomic E-state index is -3.61. The van der Waals surface area contributed by atoms with Crippen LogP contribution in [-0.4, -0.2) is 43.8 Å². The zero-order valence-corrected chi connectivity index (χ0v) is 14.8. The molecule has 1 fully saturated rings. The summed E-state index contributed by atoms with van der Waals surface area (Å²) >= 11 is 0. The summed E-state index contributed by atoms with van der Waals surface area (Å²) in [7, 11) is -3.61. The number of rotatable bonds is 4. The van der Waals surface area contributed by atoms with Gasteiger partial charge in [0.25, 0.3) is 0 Å². The Morgan fingerprint density at radius 3 is 2.20 bits per heavy atom. The second kappa shape index (κ2) is 7.19. The van der Waals surface area contributed by atoms with Crippen molar-refractivity contribution in [1.82, 2.24) is 9.21 Å². The first-order valence-electron chi connectivity index (χ1n) is 8.09. The fourth-order valence-corrected chi connectivity index (χ4v) is 4.41. The lowest BCUT2D eigenvalue weighted by atomic mass is 10.2. The molecule has 0 saturated carbocycles. The van der Waals surface area contributed by atoms with Crippen LogP contribution in [0.4, 0.5) is 8.78 Å². The highest BCUT2D eigenvalue weighted by molar-refractivity contribution is 7.89. The summed E-state index contributed by atoms with van der Waals surface area (Å²) in [5.41, 5.74) is 1.31. The number of halogens is 2. The van der Waals surface area contributed by atoms with E-state index in [1.165, 1.54) is 34.6 Å². The predicted molar refractivity (Wildman–Crippen MR) is 91.6 cm³/mol. The van der Waals surface area contributed by atoms with Gasteiger partial charge >= 0.3 is 0 Å². The molecule has 2 aromatic carbocycles. The van der Waals surface area contributed by atoms with E-state index in [4.69, 9.17) is 0 Å². The molecule has 0 radical (unpaired) electrons. The van der Waals surface area contributed by atoms with Crippen molar-refractivity contribution in [3.63, 3.8) is 0 Å². The van der Waals surface area contributed by atoms with Gasteiger partial charge < -0.3 is 0 Å². The summed E-state index contributed by atoms with van der Waals surface area (Å²) in [6.45, 7) is 4.15. The van der Waals surface area contributed by atoms with Crippen molar-refractivity contribution in [1.29, 1.82) is 0 Å². The molecule has 0 amide bonds. The van der Waals surface area contributed by atoms with Gasteiger partial charge in [-0.1, -0.05) is 12.1 Å². The maximum atomic E-state index is 13.4. The normalized spacial score (nSPS) is 16.9. The third-order valence-electron chi connectivity index (χ3n) is 4.42. The Labute approximate surface area is 146 Å². The topological polar surface area (TPSA) is 40.6 Å². The van der Waals surface area contributed by atoms with Crippen LogP contribution < -0.4 is 0 Å². The number of piperazine rings is 1. The van der Waals surface area contributed by atoms with Crippen molar-refractivity contribution < 1.29 is 17.2 Å². The number of sulfonamides is 1. The summed E-state index contributed by atoms with van der Waals surface area (Å²) in [5.74, 6) is -0.683. The van der Waals surface area contributed by atoms with Crippen molar-refractivity contribution in [3.8, 4) is 0 Å². The van der Waals surface area contributed by atoms with E-state index in [2.05, 4.69) is 4.90 Å². The molecule has 4 nitrogen and oxygen atoms in total. The number of benzene rings is 2. The number of aryl methyl sites for hydroxylation is 1. The zero-order valence-electron chi connectivity index (χ0n) is 14.0. The summed E-state index contributed by atoms with van der Waals surface area (Å²) < 4.78 is 53.1. The monoisotopic (exact) mass is 366 g/mol. The molecule has 1 saturated heterocycles. The van der Waals surface area contributed by atoms with Crippen LogP contribution in [0, 0.1) is 18.6 Å². The molecular weight excluding hydrogens is 346 g/mol. The van der Waals surface area contributed by atoms with Crippen LogP contribution in [0.15, 0.2) is 47.4 Å². The first kappa shape index (κ1) is 18.0. The average Bonchev–Trinajstić information content (AvgIpc) is 2.60. The molecule has 0 aliphatic carbocycles. The number of nitrogens with zero attached hydrogens (tertiary/aromatic N) is 2. The molecular formula is C18H20F2N2O2S. The number of hydrogen-bond acceptors (Lipinski definition) is 3. The molecule has 7 heteroatoms. The molecule has 134 valence electrons. The fourth-order valence-electron chi connectivity index (χ4n) is 2.90. The molecule has 1 heterocycles. The largest absolute Gasteiger partial charge is 0.296 e. The quantitative estimate of drug-likeness (QED) is 0.836. The lowest BCUT2D eigenvalue weighted by Crippen LogP contribution is -2.48. The molecule has 0 atom stereocenters. The van der Waals surface area contributed by atoms with Gasteiger partial charge in [0.1, 0.15) is 11.6 Å². The second-order valence-electron chi connectivity index (χ2n) is 6.22. The van der Waals surface area contributed by atoms with Gasteiger partial charge in [-0.3, -0.25) is 4.90 Å². The smallest absolute Gasteiger partial charge is 0.243 e. The zero-order chi connectivity index (χ0) is 18.0. The van der Waals surface area contributed by atoms with Gasteiger partial charge in [-0.15, -0.1) is 0 Å². The third kappa shape index (κ3) is 4.05. The molecule has 0 bridgehead atoms. The van der Waals surface area contributed by atoms with Gasteiger partial charge in [-0.2, -0.15) is 4.31 Å². The average molecular weight is 366 g/mol. The van der Waals surface area contributed by atoms with Gasteiger partial charge in [0.15, 0.2) is 0 Å². The highest BCUT2D eigenvalue weighted by atomic mass is 32.2. The van der Waals surface area contributed by atoms with Crippen molar-refractivity contribution in [2.75, 3.05) is 26.2 Å². The molecule has 1 aliphatic rings. The Hall–Kier alpha value is -1.83. The summed E-state index contributed by atoms with van der Waals surface area (Å²) in [4.78, 5) is 2.26. The van der Waals surface area contributed by atoms with E-state index in [-0.39, 0.29) is 10.7 Å². The Morgan fingerprint density at radius 2 is 1.60 bits per heavy atom. The van der Waals surface area contributed by atoms with Crippen molar-refractivity contribution in [2.24, 2.45) is 0 Å². The SMILES string of the molecule is Cc1cc(S(=O)(=O)N2CCN(Cc3ccc(F)cc3)CC2)ccc1F. The first-order chi connectivity index (χ1) is 11.9. The summed E-state index contributed by atoms with van der Waals surface area (Å²) in [5, 5.41) is 0. The molecule has 0 N–H and O–H groups in total. The van der Waals surface area contributed by atoms with Crippen LogP contribution in [-0.2, 0) is 16.6 Å². The van der Waals surface area contributed by atoms with Crippen molar-refractivity contribution >= 4 is 10.0 Å². The summed E-state index contributed by atoms with van der Waals surface area (Å²) in [6.07, 6.45) is 0. The summed E-state index contributed by atoms with van der Waals surface area (Å²) in [6, 6.07) is 10.2. The van der Waals surface area contributed by atoms with Gasteiger partial charge in [0.05, 0.1) is 4.90 Å². The van der Waals surface area contributed by atoms with Crippen molar-refractivity contribution in [3.05, 3.63) is 65.2 Å². The third-order valence-corrected chi connectivity index (χ3v) is 6.31. The minimum absolute atomic E-state index is 0.124. The first-order valence-corrected chi connectivity index (χ1v) is 9.53.